The van der Waals surface area contributed by atoms with Crippen LogP contribution in [0.5, 0.6) is 0 Å². The number of nitriles is 1. The lowest BCUT2D eigenvalue weighted by Gasteiger charge is -2.25. The number of nitrogens with zero attached hydrogens (tertiary/aromatic N) is 4. The van der Waals surface area contributed by atoms with E-state index in [0.29, 0.717) is 23.7 Å². The molecule has 0 saturated carbocycles. The Balaban J connectivity index is 1.87. The molecule has 1 aliphatic rings. The maximum atomic E-state index is 14.2. The molecule has 120 valence electrons. The number of benzene rings is 1. The van der Waals surface area contributed by atoms with Gasteiger partial charge >= 0.3 is 0 Å². The Hall–Kier alpha value is -2.19. The van der Waals surface area contributed by atoms with Crippen LogP contribution in [0.25, 0.3) is 0 Å². The molecular weight excluding hydrogens is 291 g/mol. The minimum absolute atomic E-state index is 0.291. The molecule has 0 radical (unpaired) electrons. The second-order valence-corrected chi connectivity index (χ2v) is 6.25. The number of aromatic nitrogens is 2. The predicted molar refractivity (Wildman–Crippen MR) is 86.2 cm³/mol. The smallest absolute Gasteiger partial charge is 0.129 e. The fourth-order valence-electron chi connectivity index (χ4n) is 3.58. The van der Waals surface area contributed by atoms with Crippen LogP contribution in [0.2, 0.25) is 0 Å². The highest BCUT2D eigenvalue weighted by molar-refractivity contribution is 5.33. The Morgan fingerprint density at radius 1 is 1.39 bits per heavy atom. The van der Waals surface area contributed by atoms with Crippen LogP contribution in [0.3, 0.4) is 0 Å². The van der Waals surface area contributed by atoms with E-state index in [1.54, 1.807) is 12.1 Å². The normalized spacial score (nSPS) is 18.3. The maximum Gasteiger partial charge on any atom is 0.129 e. The Morgan fingerprint density at radius 3 is 2.78 bits per heavy atom. The fraction of sp³-hybridized carbons (Fsp3) is 0.444. The molecule has 3 rings (SSSR count). The van der Waals surface area contributed by atoms with Gasteiger partial charge in [-0.3, -0.25) is 9.58 Å². The molecule has 1 saturated heterocycles. The zero-order valence-electron chi connectivity index (χ0n) is 13.8. The number of hydrogen-bond acceptors (Lipinski definition) is 3. The van der Waals surface area contributed by atoms with Crippen LogP contribution in [0.15, 0.2) is 18.2 Å². The first kappa shape index (κ1) is 15.7. The molecule has 1 fully saturated rings. The molecule has 0 aliphatic carbocycles. The Kier molecular flexibility index (Phi) is 4.18. The van der Waals surface area contributed by atoms with Gasteiger partial charge in [0, 0.05) is 36.5 Å². The summed E-state index contributed by atoms with van der Waals surface area (Å²) in [6.45, 7) is 5.66. The summed E-state index contributed by atoms with van der Waals surface area (Å²) in [5, 5.41) is 13.4. The van der Waals surface area contributed by atoms with Crippen LogP contribution in [-0.2, 0) is 13.6 Å². The van der Waals surface area contributed by atoms with E-state index < -0.39 is 0 Å². The molecule has 0 spiro atoms. The van der Waals surface area contributed by atoms with Crippen molar-refractivity contribution in [2.24, 2.45) is 7.05 Å². The van der Waals surface area contributed by atoms with E-state index >= 15 is 0 Å². The first-order valence-corrected chi connectivity index (χ1v) is 7.94. The molecular formula is C18H21FN4. The van der Waals surface area contributed by atoms with Gasteiger partial charge in [-0.1, -0.05) is 6.07 Å². The lowest BCUT2D eigenvalue weighted by atomic mass is 10.0. The molecule has 0 N–H and O–H groups in total. The van der Waals surface area contributed by atoms with Crippen LogP contribution < -0.4 is 0 Å². The van der Waals surface area contributed by atoms with Crippen molar-refractivity contribution < 1.29 is 4.39 Å². The van der Waals surface area contributed by atoms with Crippen molar-refractivity contribution in [3.05, 3.63) is 52.1 Å². The zero-order valence-corrected chi connectivity index (χ0v) is 13.8. The summed E-state index contributed by atoms with van der Waals surface area (Å²) in [5.41, 5.74) is 4.53. The van der Waals surface area contributed by atoms with E-state index in [0.717, 1.165) is 25.1 Å². The summed E-state index contributed by atoms with van der Waals surface area (Å²) in [6.07, 6.45) is 2.18. The number of likely N-dealkylation sites (tertiary alicyclic amines) is 1. The van der Waals surface area contributed by atoms with Crippen molar-refractivity contribution in [1.29, 1.82) is 5.26 Å². The SMILES string of the molecule is Cc1nn(C)c(C)c1C1CCCN1Cc1ccc(C#N)cc1F. The van der Waals surface area contributed by atoms with Gasteiger partial charge in [-0.15, -0.1) is 0 Å². The van der Waals surface area contributed by atoms with Gasteiger partial charge in [-0.25, -0.2) is 4.39 Å². The summed E-state index contributed by atoms with van der Waals surface area (Å²) in [5.74, 6) is -0.297. The lowest BCUT2D eigenvalue weighted by Crippen LogP contribution is -2.24. The van der Waals surface area contributed by atoms with Crippen molar-refractivity contribution in [3.8, 4) is 6.07 Å². The molecule has 1 aromatic carbocycles. The molecule has 4 nitrogen and oxygen atoms in total. The monoisotopic (exact) mass is 312 g/mol. The number of rotatable bonds is 3. The van der Waals surface area contributed by atoms with Crippen LogP contribution in [0, 0.1) is 31.0 Å². The molecule has 2 aromatic rings. The van der Waals surface area contributed by atoms with Crippen molar-refractivity contribution in [2.75, 3.05) is 6.54 Å². The largest absolute Gasteiger partial charge is 0.292 e. The molecule has 1 unspecified atom stereocenters. The Labute approximate surface area is 136 Å². The Morgan fingerprint density at radius 2 is 2.17 bits per heavy atom. The summed E-state index contributed by atoms with van der Waals surface area (Å²) < 4.78 is 16.1. The fourth-order valence-corrected chi connectivity index (χ4v) is 3.58. The number of halogens is 1. The van der Waals surface area contributed by atoms with E-state index in [4.69, 9.17) is 5.26 Å². The third kappa shape index (κ3) is 2.87. The average Bonchev–Trinajstić information content (AvgIpc) is 3.06. The topological polar surface area (TPSA) is 44.9 Å². The summed E-state index contributed by atoms with van der Waals surface area (Å²) in [6, 6.07) is 7.00. The van der Waals surface area contributed by atoms with Crippen molar-refractivity contribution in [2.45, 2.75) is 39.3 Å². The summed E-state index contributed by atoms with van der Waals surface area (Å²) in [7, 11) is 1.96. The van der Waals surface area contributed by atoms with Crippen LogP contribution in [0.4, 0.5) is 4.39 Å². The van der Waals surface area contributed by atoms with Gasteiger partial charge in [0.25, 0.3) is 0 Å². The second-order valence-electron chi connectivity index (χ2n) is 6.25. The second kappa shape index (κ2) is 6.13. The number of hydrogen-bond donors (Lipinski definition) is 0. The summed E-state index contributed by atoms with van der Waals surface area (Å²) >= 11 is 0. The zero-order chi connectivity index (χ0) is 16.6. The molecule has 0 amide bonds. The third-order valence-electron chi connectivity index (χ3n) is 4.82. The van der Waals surface area contributed by atoms with Crippen molar-refractivity contribution >= 4 is 0 Å². The lowest BCUT2D eigenvalue weighted by molar-refractivity contribution is 0.243. The van der Waals surface area contributed by atoms with Gasteiger partial charge in [-0.2, -0.15) is 10.4 Å². The maximum absolute atomic E-state index is 14.2. The van der Waals surface area contributed by atoms with Gasteiger partial charge in [0.1, 0.15) is 5.82 Å². The van der Waals surface area contributed by atoms with Gasteiger partial charge in [0.05, 0.1) is 17.3 Å². The molecule has 5 heteroatoms. The van der Waals surface area contributed by atoms with Gasteiger partial charge in [0.15, 0.2) is 0 Å². The molecule has 2 heterocycles. The highest BCUT2D eigenvalue weighted by atomic mass is 19.1. The first-order chi connectivity index (χ1) is 11.0. The molecule has 1 aliphatic heterocycles. The van der Waals surface area contributed by atoms with Crippen molar-refractivity contribution in [3.63, 3.8) is 0 Å². The third-order valence-corrected chi connectivity index (χ3v) is 4.82. The minimum atomic E-state index is -0.297. The van der Waals surface area contributed by atoms with Crippen LogP contribution in [-0.4, -0.2) is 21.2 Å². The van der Waals surface area contributed by atoms with Crippen LogP contribution >= 0.6 is 0 Å². The molecule has 1 aromatic heterocycles. The quantitative estimate of drug-likeness (QED) is 0.872. The molecule has 0 bridgehead atoms. The summed E-state index contributed by atoms with van der Waals surface area (Å²) in [4.78, 5) is 2.32. The van der Waals surface area contributed by atoms with Gasteiger partial charge in [-0.05, 0) is 45.4 Å². The predicted octanol–water partition coefficient (Wildman–Crippen LogP) is 3.38. The van der Waals surface area contributed by atoms with E-state index in [-0.39, 0.29) is 5.82 Å². The van der Waals surface area contributed by atoms with Gasteiger partial charge < -0.3 is 0 Å². The molecule has 1 atom stereocenters. The first-order valence-electron chi connectivity index (χ1n) is 7.94. The standard InChI is InChI=1S/C18H21FN4/c1-12-18(13(2)22(3)21-12)17-5-4-8-23(17)11-15-7-6-14(10-20)9-16(15)19/h6-7,9,17H,4-5,8,11H2,1-3H3. The highest BCUT2D eigenvalue weighted by Crippen LogP contribution is 2.36. The van der Waals surface area contributed by atoms with E-state index in [9.17, 15) is 4.39 Å². The van der Waals surface area contributed by atoms with Crippen LogP contribution in [0.1, 0.15) is 47.0 Å². The number of aryl methyl sites for hydroxylation is 2. The van der Waals surface area contributed by atoms with E-state index in [2.05, 4.69) is 16.9 Å². The molecule has 23 heavy (non-hydrogen) atoms. The van der Waals surface area contributed by atoms with E-state index in [1.165, 1.54) is 17.3 Å². The Bertz CT molecular complexity index is 772. The average molecular weight is 312 g/mol. The van der Waals surface area contributed by atoms with E-state index in [1.807, 2.05) is 24.7 Å². The minimum Gasteiger partial charge on any atom is -0.292 e. The van der Waals surface area contributed by atoms with Gasteiger partial charge in [0.2, 0.25) is 0 Å². The highest BCUT2D eigenvalue weighted by Gasteiger charge is 2.30. The van der Waals surface area contributed by atoms with Crippen molar-refractivity contribution in [1.82, 2.24) is 14.7 Å².